The summed E-state index contributed by atoms with van der Waals surface area (Å²) in [7, 11) is -2.40. The molecule has 1 fully saturated rings. The van der Waals surface area contributed by atoms with Gasteiger partial charge in [0.1, 0.15) is 11.4 Å². The Labute approximate surface area is 223 Å². The summed E-state index contributed by atoms with van der Waals surface area (Å²) < 4.78 is 51.3. The van der Waals surface area contributed by atoms with Crippen LogP contribution in [-0.2, 0) is 23.1 Å². The van der Waals surface area contributed by atoms with Gasteiger partial charge in [-0.1, -0.05) is 29.8 Å². The Balaban J connectivity index is 1.47. The number of aryl methyl sites for hydroxylation is 1. The van der Waals surface area contributed by atoms with E-state index in [9.17, 15) is 23.1 Å². The Kier molecular flexibility index (Phi) is 5.85. The molecule has 2 heterocycles. The van der Waals surface area contributed by atoms with Crippen LogP contribution >= 0.6 is 0 Å². The molecule has 8 nitrogen and oxygen atoms in total. The van der Waals surface area contributed by atoms with Gasteiger partial charge in [-0.3, -0.25) is 4.79 Å². The minimum absolute atomic E-state index is 0.0146. The number of carboxylic acid groups (broad SMARTS) is 1. The van der Waals surface area contributed by atoms with Gasteiger partial charge in [-0.05, 0) is 49.6 Å². The quantitative estimate of drug-likeness (QED) is 0.369. The predicted octanol–water partition coefficient (Wildman–Crippen LogP) is 4.86. The Hall–Kier alpha value is -4.02. The lowest BCUT2D eigenvalue weighted by molar-refractivity contribution is 0.0694. The van der Waals surface area contributed by atoms with E-state index in [2.05, 4.69) is 0 Å². The summed E-state index contributed by atoms with van der Waals surface area (Å²) >= 11 is 0. The fourth-order valence-electron chi connectivity index (χ4n) is 5.27. The van der Waals surface area contributed by atoms with Crippen molar-refractivity contribution in [2.75, 3.05) is 7.11 Å². The first-order chi connectivity index (χ1) is 18.6. The Morgan fingerprint density at radius 3 is 2.36 bits per heavy atom. The van der Waals surface area contributed by atoms with Crippen LogP contribution in [-0.4, -0.2) is 35.5 Å². The number of hydrogen-bond acceptors (Lipinski definition) is 5. The van der Waals surface area contributed by atoms with Crippen molar-refractivity contribution in [3.05, 3.63) is 93.0 Å². The topological polar surface area (TPSA) is 106 Å². The van der Waals surface area contributed by atoms with Crippen molar-refractivity contribution in [2.24, 2.45) is 0 Å². The Morgan fingerprint density at radius 2 is 1.72 bits per heavy atom. The van der Waals surface area contributed by atoms with Crippen molar-refractivity contribution >= 4 is 26.9 Å². The van der Waals surface area contributed by atoms with Crippen molar-refractivity contribution in [1.82, 2.24) is 8.87 Å². The maximum absolute atomic E-state index is 16.1. The molecule has 1 N–H and O–H groups in total. The van der Waals surface area contributed by atoms with Crippen molar-refractivity contribution in [1.29, 1.82) is 0 Å². The molecule has 2 aliphatic rings. The van der Waals surface area contributed by atoms with Crippen LogP contribution in [0, 0.1) is 12.7 Å². The number of aromatic nitrogens is 1. The molecule has 1 aliphatic heterocycles. The summed E-state index contributed by atoms with van der Waals surface area (Å²) in [5.41, 5.74) is 1.84. The van der Waals surface area contributed by atoms with E-state index in [1.165, 1.54) is 23.7 Å². The molecule has 39 heavy (non-hydrogen) atoms. The van der Waals surface area contributed by atoms with Crippen LogP contribution in [0.2, 0.25) is 0 Å². The van der Waals surface area contributed by atoms with Gasteiger partial charge in [0, 0.05) is 42.0 Å². The molecule has 0 spiro atoms. The number of benzene rings is 3. The van der Waals surface area contributed by atoms with Gasteiger partial charge >= 0.3 is 5.97 Å². The number of pyridine rings is 1. The smallest absolute Gasteiger partial charge is 0.341 e. The van der Waals surface area contributed by atoms with E-state index in [1.807, 2.05) is 6.92 Å². The SMILES string of the molecule is COc1c(-c2ccc3c(c2F)CN(S(=O)(=O)c2ccc(C)cc2)C3)ccc2c(=O)c(C(=O)O)cn(C3CC3)c12. The third-order valence-electron chi connectivity index (χ3n) is 7.49. The number of fused-ring (bicyclic) bond motifs is 2. The summed E-state index contributed by atoms with van der Waals surface area (Å²) in [6, 6.07) is 12.9. The van der Waals surface area contributed by atoms with Crippen LogP contribution < -0.4 is 10.2 Å². The average molecular weight is 549 g/mol. The van der Waals surface area contributed by atoms with E-state index in [0.717, 1.165) is 18.4 Å². The molecule has 4 aromatic rings. The molecule has 6 rings (SSSR count). The van der Waals surface area contributed by atoms with Gasteiger partial charge in [0.2, 0.25) is 15.5 Å². The fraction of sp³-hybridized carbons (Fsp3) is 0.241. The molecule has 0 saturated heterocycles. The summed E-state index contributed by atoms with van der Waals surface area (Å²) in [6.45, 7) is 1.81. The van der Waals surface area contributed by atoms with E-state index >= 15 is 4.39 Å². The lowest BCUT2D eigenvalue weighted by Crippen LogP contribution is -2.25. The van der Waals surface area contributed by atoms with E-state index < -0.39 is 27.2 Å². The number of aromatic carboxylic acids is 1. The van der Waals surface area contributed by atoms with Crippen LogP contribution in [0.15, 0.2) is 64.4 Å². The van der Waals surface area contributed by atoms with Gasteiger partial charge in [-0.25, -0.2) is 17.6 Å². The summed E-state index contributed by atoms with van der Waals surface area (Å²) in [5, 5.41) is 9.74. The zero-order valence-electron chi connectivity index (χ0n) is 21.3. The minimum atomic E-state index is -3.83. The number of hydrogen-bond donors (Lipinski definition) is 1. The van der Waals surface area contributed by atoms with E-state index in [1.54, 1.807) is 47.0 Å². The maximum Gasteiger partial charge on any atom is 0.341 e. The van der Waals surface area contributed by atoms with Crippen molar-refractivity contribution in [3.8, 4) is 16.9 Å². The molecule has 3 aromatic carbocycles. The highest BCUT2D eigenvalue weighted by atomic mass is 32.2. The number of ether oxygens (including phenoxy) is 1. The molecule has 0 amide bonds. The summed E-state index contributed by atoms with van der Waals surface area (Å²) in [6.07, 6.45) is 2.98. The van der Waals surface area contributed by atoms with Crippen LogP contribution in [0.5, 0.6) is 5.75 Å². The lowest BCUT2D eigenvalue weighted by Gasteiger charge is -2.18. The molecular weight excluding hydrogens is 523 g/mol. The lowest BCUT2D eigenvalue weighted by atomic mass is 9.96. The second-order valence-corrected chi connectivity index (χ2v) is 11.9. The number of carboxylic acids is 1. The van der Waals surface area contributed by atoms with Crippen molar-refractivity contribution in [3.63, 3.8) is 0 Å². The molecule has 1 aliphatic carbocycles. The molecule has 0 unspecified atom stereocenters. The average Bonchev–Trinajstić information content (AvgIpc) is 3.65. The molecule has 10 heteroatoms. The van der Waals surface area contributed by atoms with Gasteiger partial charge in [0.05, 0.1) is 22.9 Å². The summed E-state index contributed by atoms with van der Waals surface area (Å²) in [5.74, 6) is -1.61. The number of sulfonamides is 1. The van der Waals surface area contributed by atoms with Crippen LogP contribution in [0.25, 0.3) is 22.0 Å². The molecule has 1 saturated carbocycles. The van der Waals surface area contributed by atoms with Crippen molar-refractivity contribution in [2.45, 2.75) is 43.8 Å². The second-order valence-electron chi connectivity index (χ2n) is 10.0. The normalized spacial score (nSPS) is 15.5. The predicted molar refractivity (Wildman–Crippen MR) is 143 cm³/mol. The van der Waals surface area contributed by atoms with E-state index in [4.69, 9.17) is 4.74 Å². The van der Waals surface area contributed by atoms with Gasteiger partial charge in [0.25, 0.3) is 0 Å². The number of methoxy groups -OCH3 is 1. The van der Waals surface area contributed by atoms with Crippen LogP contribution in [0.4, 0.5) is 4.39 Å². The minimum Gasteiger partial charge on any atom is -0.494 e. The number of rotatable bonds is 6. The fourth-order valence-corrected chi connectivity index (χ4v) is 6.66. The van der Waals surface area contributed by atoms with Crippen molar-refractivity contribution < 1.29 is 27.4 Å². The summed E-state index contributed by atoms with van der Waals surface area (Å²) in [4.78, 5) is 24.8. The zero-order chi connectivity index (χ0) is 27.6. The molecule has 200 valence electrons. The van der Waals surface area contributed by atoms with Crippen LogP contribution in [0.1, 0.15) is 45.9 Å². The van der Waals surface area contributed by atoms with E-state index in [-0.39, 0.29) is 51.9 Å². The largest absolute Gasteiger partial charge is 0.494 e. The van der Waals surface area contributed by atoms with E-state index in [0.29, 0.717) is 16.6 Å². The third-order valence-corrected chi connectivity index (χ3v) is 9.30. The molecular formula is C29H25FN2O6S. The molecule has 0 radical (unpaired) electrons. The first-order valence-corrected chi connectivity index (χ1v) is 13.9. The standard InChI is InChI=1S/C29H25FN2O6S/c1-16-3-8-19(9-4-16)39(36,37)31-13-17-5-10-20(25(30)23(17)14-31)21-11-12-22-26(28(21)38-2)32(18-6-7-18)15-24(27(22)33)29(34)35/h3-5,8-12,15,18H,6-7,13-14H2,1-2H3,(H,34,35). The maximum atomic E-state index is 16.1. The molecule has 0 atom stereocenters. The monoisotopic (exact) mass is 548 g/mol. The molecule has 1 aromatic heterocycles. The number of halogens is 1. The highest BCUT2D eigenvalue weighted by molar-refractivity contribution is 7.89. The highest BCUT2D eigenvalue weighted by Crippen LogP contribution is 2.44. The van der Waals surface area contributed by atoms with Gasteiger partial charge in [0.15, 0.2) is 5.75 Å². The van der Waals surface area contributed by atoms with Gasteiger partial charge in [-0.15, -0.1) is 0 Å². The van der Waals surface area contributed by atoms with Crippen LogP contribution in [0.3, 0.4) is 0 Å². The third kappa shape index (κ3) is 4.02. The first-order valence-electron chi connectivity index (χ1n) is 12.5. The number of nitrogens with zero attached hydrogens (tertiary/aromatic N) is 2. The Bertz CT molecular complexity index is 1840. The second kappa shape index (κ2) is 9.03. The number of carbonyl (C=O) groups is 1. The highest BCUT2D eigenvalue weighted by Gasteiger charge is 2.34. The molecule has 0 bridgehead atoms. The Morgan fingerprint density at radius 1 is 1.03 bits per heavy atom. The van der Waals surface area contributed by atoms with Gasteiger partial charge < -0.3 is 14.4 Å². The zero-order valence-corrected chi connectivity index (χ0v) is 22.1. The van der Waals surface area contributed by atoms with Gasteiger partial charge in [-0.2, -0.15) is 4.31 Å². The first kappa shape index (κ1) is 25.3.